The average Bonchev–Trinajstić information content (AvgIpc) is 2.42. The fourth-order valence-electron chi connectivity index (χ4n) is 1.20. The van der Waals surface area contributed by atoms with Gasteiger partial charge >= 0.3 is 5.97 Å². The van der Waals surface area contributed by atoms with Crippen LogP contribution in [-0.2, 0) is 21.4 Å². The monoisotopic (exact) mass is 294 g/mol. The minimum atomic E-state index is -0.287. The summed E-state index contributed by atoms with van der Waals surface area (Å²) < 4.78 is 6.58. The van der Waals surface area contributed by atoms with Crippen molar-refractivity contribution >= 4 is 33.5 Å². The topological polar surface area (TPSA) is 44.1 Å². The second-order valence-electron chi connectivity index (χ2n) is 3.04. The van der Waals surface area contributed by atoms with Crippen molar-refractivity contribution in [2.24, 2.45) is 0 Å². The van der Waals surface area contributed by atoms with Crippen LogP contribution in [0.2, 0.25) is 5.02 Å². The van der Waals surface area contributed by atoms with E-state index in [1.165, 1.54) is 6.92 Å². The van der Waals surface area contributed by atoms with Crippen molar-refractivity contribution in [3.63, 3.8) is 0 Å². The lowest BCUT2D eigenvalue weighted by Crippen LogP contribution is -2.11. The van der Waals surface area contributed by atoms with Gasteiger partial charge in [0.25, 0.3) is 0 Å². The van der Waals surface area contributed by atoms with Gasteiger partial charge in [-0.1, -0.05) is 27.5 Å². The van der Waals surface area contributed by atoms with Crippen LogP contribution in [0.4, 0.5) is 0 Å². The maximum absolute atomic E-state index is 10.6. The third-order valence-corrected chi connectivity index (χ3v) is 2.91. The number of ether oxygens (including phenoxy) is 1. The summed E-state index contributed by atoms with van der Waals surface area (Å²) in [6.45, 7) is 4.06. The molecule has 0 aliphatic carbocycles. The molecule has 0 amide bonds. The highest BCUT2D eigenvalue weighted by atomic mass is 79.9. The molecule has 0 N–H and O–H groups in total. The first-order chi connectivity index (χ1) is 7.06. The van der Waals surface area contributed by atoms with Gasteiger partial charge in [0.1, 0.15) is 6.61 Å². The van der Waals surface area contributed by atoms with E-state index in [-0.39, 0.29) is 5.97 Å². The molecule has 0 bridgehead atoms. The number of hydrogen-bond donors (Lipinski definition) is 0. The summed E-state index contributed by atoms with van der Waals surface area (Å²) in [4.78, 5) is 10.6. The number of carbonyl (C=O) groups is 1. The molecule has 1 rings (SSSR count). The predicted molar refractivity (Wildman–Crippen MR) is 61.2 cm³/mol. The second-order valence-corrected chi connectivity index (χ2v) is 3.98. The normalized spacial score (nSPS) is 10.4. The van der Waals surface area contributed by atoms with Gasteiger partial charge in [-0.25, -0.2) is 0 Å². The molecule has 0 aromatic carbocycles. The Balaban J connectivity index is 2.68. The third-order valence-electron chi connectivity index (χ3n) is 1.89. The van der Waals surface area contributed by atoms with E-state index in [1.807, 2.05) is 6.92 Å². The molecule has 0 unspecified atom stereocenters. The molecule has 0 aliphatic rings. The summed E-state index contributed by atoms with van der Waals surface area (Å²) in [6.07, 6.45) is 0. The van der Waals surface area contributed by atoms with Gasteiger partial charge in [0.05, 0.1) is 23.0 Å². The first-order valence-corrected chi connectivity index (χ1v) is 5.97. The van der Waals surface area contributed by atoms with E-state index in [9.17, 15) is 4.79 Å². The van der Waals surface area contributed by atoms with Gasteiger partial charge < -0.3 is 4.74 Å². The zero-order chi connectivity index (χ0) is 11.4. The van der Waals surface area contributed by atoms with E-state index < -0.39 is 0 Å². The van der Waals surface area contributed by atoms with E-state index in [0.29, 0.717) is 23.5 Å². The van der Waals surface area contributed by atoms with Crippen molar-refractivity contribution in [1.82, 2.24) is 9.78 Å². The van der Waals surface area contributed by atoms with E-state index in [4.69, 9.17) is 16.3 Å². The second kappa shape index (κ2) is 5.51. The van der Waals surface area contributed by atoms with Gasteiger partial charge in [-0.3, -0.25) is 9.48 Å². The van der Waals surface area contributed by atoms with Crippen LogP contribution in [0.1, 0.15) is 18.3 Å². The lowest BCUT2D eigenvalue weighted by atomic mass is 10.4. The first kappa shape index (κ1) is 12.5. The molecule has 0 saturated heterocycles. The van der Waals surface area contributed by atoms with Crippen molar-refractivity contribution < 1.29 is 9.53 Å². The Hall–Kier alpha value is -0.550. The molecule has 6 heteroatoms. The van der Waals surface area contributed by atoms with Crippen molar-refractivity contribution in [2.45, 2.75) is 25.7 Å². The smallest absolute Gasteiger partial charge is 0.302 e. The summed E-state index contributed by atoms with van der Waals surface area (Å²) in [6, 6.07) is 0. The number of nitrogens with zero attached hydrogens (tertiary/aromatic N) is 2. The van der Waals surface area contributed by atoms with Crippen molar-refractivity contribution in [1.29, 1.82) is 0 Å². The molecule has 0 spiro atoms. The summed E-state index contributed by atoms with van der Waals surface area (Å²) in [5.74, 6) is -0.287. The van der Waals surface area contributed by atoms with E-state index >= 15 is 0 Å². The molecule has 1 aromatic heterocycles. The van der Waals surface area contributed by atoms with E-state index in [2.05, 4.69) is 21.0 Å². The minimum absolute atomic E-state index is 0.287. The van der Waals surface area contributed by atoms with Crippen LogP contribution >= 0.6 is 27.5 Å². The summed E-state index contributed by atoms with van der Waals surface area (Å²) >= 11 is 9.37. The molecule has 1 aromatic rings. The number of hydrogen-bond acceptors (Lipinski definition) is 3. The van der Waals surface area contributed by atoms with Crippen LogP contribution in [0.5, 0.6) is 0 Å². The molecule has 0 saturated carbocycles. The Bertz CT molecular complexity index is 365. The van der Waals surface area contributed by atoms with Crippen molar-refractivity contribution in [3.05, 3.63) is 16.4 Å². The molecular formula is C9H12BrClN2O2. The molecule has 0 atom stereocenters. The van der Waals surface area contributed by atoms with Gasteiger partial charge in [-0.05, 0) is 6.92 Å². The highest BCUT2D eigenvalue weighted by Gasteiger charge is 2.11. The number of rotatable bonds is 4. The minimum Gasteiger partial charge on any atom is -0.464 e. The molecule has 4 nitrogen and oxygen atoms in total. The largest absolute Gasteiger partial charge is 0.464 e. The van der Waals surface area contributed by atoms with Crippen LogP contribution in [0.15, 0.2) is 0 Å². The van der Waals surface area contributed by atoms with Crippen LogP contribution in [0.25, 0.3) is 0 Å². The average molecular weight is 296 g/mol. The molecule has 0 aliphatic heterocycles. The zero-order valence-electron chi connectivity index (χ0n) is 8.59. The summed E-state index contributed by atoms with van der Waals surface area (Å²) in [7, 11) is 0. The molecule has 0 radical (unpaired) electrons. The number of esters is 1. The van der Waals surface area contributed by atoms with Gasteiger partial charge in [0, 0.05) is 12.3 Å². The van der Waals surface area contributed by atoms with Crippen molar-refractivity contribution in [2.75, 3.05) is 6.61 Å². The highest BCUT2D eigenvalue weighted by molar-refractivity contribution is 9.08. The fourth-order valence-corrected chi connectivity index (χ4v) is 2.13. The lowest BCUT2D eigenvalue weighted by molar-refractivity contribution is -0.141. The maximum Gasteiger partial charge on any atom is 0.302 e. The predicted octanol–water partition coefficient (Wildman–Crippen LogP) is 2.30. The SMILES string of the molecule is CC(=O)OCCn1nc(C)c(Cl)c1CBr. The van der Waals surface area contributed by atoms with Gasteiger partial charge in [-0.15, -0.1) is 0 Å². The number of alkyl halides is 1. The standard InChI is InChI=1S/C9H12BrClN2O2/c1-6-9(11)8(5-10)13(12-6)3-4-15-7(2)14/h3-5H2,1-2H3. The van der Waals surface area contributed by atoms with Gasteiger partial charge in [-0.2, -0.15) is 5.10 Å². The van der Waals surface area contributed by atoms with Crippen LogP contribution in [0.3, 0.4) is 0 Å². The number of carbonyl (C=O) groups excluding carboxylic acids is 1. The van der Waals surface area contributed by atoms with Crippen LogP contribution in [0, 0.1) is 6.92 Å². The number of aromatic nitrogens is 2. The Morgan fingerprint density at radius 1 is 1.67 bits per heavy atom. The van der Waals surface area contributed by atoms with Gasteiger partial charge in [0.2, 0.25) is 0 Å². The van der Waals surface area contributed by atoms with Crippen molar-refractivity contribution in [3.8, 4) is 0 Å². The Morgan fingerprint density at radius 3 is 2.87 bits per heavy atom. The molecule has 84 valence electrons. The third kappa shape index (κ3) is 3.21. The first-order valence-electron chi connectivity index (χ1n) is 4.47. The van der Waals surface area contributed by atoms with Crippen LogP contribution < -0.4 is 0 Å². The Labute approximate surface area is 102 Å². The maximum atomic E-state index is 10.6. The van der Waals surface area contributed by atoms with E-state index in [0.717, 1.165) is 11.4 Å². The molecule has 0 fully saturated rings. The highest BCUT2D eigenvalue weighted by Crippen LogP contribution is 2.22. The Morgan fingerprint density at radius 2 is 2.33 bits per heavy atom. The van der Waals surface area contributed by atoms with E-state index in [1.54, 1.807) is 4.68 Å². The number of aryl methyl sites for hydroxylation is 1. The molecule has 1 heterocycles. The number of halogens is 2. The van der Waals surface area contributed by atoms with Gasteiger partial charge in [0.15, 0.2) is 0 Å². The fraction of sp³-hybridized carbons (Fsp3) is 0.556. The molecular weight excluding hydrogens is 283 g/mol. The molecule has 15 heavy (non-hydrogen) atoms. The van der Waals surface area contributed by atoms with Crippen LogP contribution in [-0.4, -0.2) is 22.4 Å². The zero-order valence-corrected chi connectivity index (χ0v) is 10.9. The summed E-state index contributed by atoms with van der Waals surface area (Å²) in [5, 5.41) is 5.53. The lowest BCUT2D eigenvalue weighted by Gasteiger charge is -2.05. The summed E-state index contributed by atoms with van der Waals surface area (Å²) in [5.41, 5.74) is 1.69. The Kier molecular flexibility index (Phi) is 4.60. The quantitative estimate of drug-likeness (QED) is 0.632.